The minimum absolute atomic E-state index is 0.244. The van der Waals surface area contributed by atoms with Crippen molar-refractivity contribution in [3.05, 3.63) is 36.0 Å². The van der Waals surface area contributed by atoms with E-state index in [1.165, 1.54) is 0 Å². The molecule has 116 valence electrons. The van der Waals surface area contributed by atoms with Gasteiger partial charge in [0.15, 0.2) is 0 Å². The Morgan fingerprint density at radius 1 is 1.10 bits per heavy atom. The predicted molar refractivity (Wildman–Crippen MR) is 83.5 cm³/mol. The van der Waals surface area contributed by atoms with Crippen molar-refractivity contribution >= 4 is 30.8 Å². The quantitative estimate of drug-likeness (QED) is 0.780. The van der Waals surface area contributed by atoms with Gasteiger partial charge in [-0.15, -0.1) is 0 Å². The van der Waals surface area contributed by atoms with Crippen molar-refractivity contribution in [2.75, 3.05) is 24.3 Å². The third kappa shape index (κ3) is 4.83. The summed E-state index contributed by atoms with van der Waals surface area (Å²) in [5.74, 6) is -0.769. The van der Waals surface area contributed by atoms with Crippen molar-refractivity contribution in [2.24, 2.45) is 0 Å². The number of H-pyrrole nitrogens is 1. The van der Waals surface area contributed by atoms with Gasteiger partial charge in [-0.25, -0.2) is 21.6 Å². The van der Waals surface area contributed by atoms with E-state index in [2.05, 4.69) is 9.71 Å². The second kappa shape index (κ2) is 6.17. The molecule has 0 fully saturated rings. The molecule has 1 heterocycles. The van der Waals surface area contributed by atoms with E-state index < -0.39 is 25.6 Å². The molecule has 0 amide bonds. The number of rotatable bonds is 7. The van der Waals surface area contributed by atoms with Crippen LogP contribution in [-0.4, -0.2) is 46.1 Å². The van der Waals surface area contributed by atoms with E-state index in [-0.39, 0.29) is 12.3 Å². The molecule has 8 heteroatoms. The number of fused-ring (bicyclic) bond motifs is 1. The summed E-state index contributed by atoms with van der Waals surface area (Å²) in [6.07, 6.45) is 3.42. The zero-order valence-corrected chi connectivity index (χ0v) is 13.3. The van der Waals surface area contributed by atoms with Crippen LogP contribution in [0.25, 0.3) is 10.9 Å². The van der Waals surface area contributed by atoms with Gasteiger partial charge in [0, 0.05) is 29.9 Å². The molecule has 0 saturated heterocycles. The lowest BCUT2D eigenvalue weighted by Gasteiger charge is -2.05. The Kier molecular flexibility index (Phi) is 4.70. The van der Waals surface area contributed by atoms with Gasteiger partial charge >= 0.3 is 0 Å². The smallest absolute Gasteiger partial charge is 0.212 e. The lowest BCUT2D eigenvalue weighted by atomic mass is 10.1. The van der Waals surface area contributed by atoms with Gasteiger partial charge in [-0.05, 0) is 18.1 Å². The molecule has 6 nitrogen and oxygen atoms in total. The fourth-order valence-electron chi connectivity index (χ4n) is 2.01. The number of nitrogens with one attached hydrogen (secondary N) is 2. The highest BCUT2D eigenvalue weighted by Crippen LogP contribution is 2.17. The maximum atomic E-state index is 11.7. The summed E-state index contributed by atoms with van der Waals surface area (Å²) >= 11 is 0. The van der Waals surface area contributed by atoms with Gasteiger partial charge in [0.25, 0.3) is 0 Å². The van der Waals surface area contributed by atoms with Crippen molar-refractivity contribution in [3.63, 3.8) is 0 Å². The van der Waals surface area contributed by atoms with E-state index in [1.54, 1.807) is 0 Å². The Labute approximate surface area is 124 Å². The van der Waals surface area contributed by atoms with Crippen molar-refractivity contribution in [3.8, 4) is 0 Å². The number of sulfonamides is 1. The largest absolute Gasteiger partial charge is 0.361 e. The Bertz CT molecular complexity index is 823. The number of aromatic nitrogens is 1. The highest BCUT2D eigenvalue weighted by atomic mass is 32.2. The first-order chi connectivity index (χ1) is 9.77. The molecule has 1 aromatic heterocycles. The minimum Gasteiger partial charge on any atom is -0.361 e. The zero-order chi connectivity index (χ0) is 15.5. The van der Waals surface area contributed by atoms with E-state index in [1.807, 2.05) is 30.5 Å². The molecule has 0 radical (unpaired) electrons. The molecule has 0 bridgehead atoms. The summed E-state index contributed by atoms with van der Waals surface area (Å²) < 4.78 is 47.8. The van der Waals surface area contributed by atoms with Crippen LogP contribution in [0.5, 0.6) is 0 Å². The predicted octanol–water partition coefficient (Wildman–Crippen LogP) is 0.674. The number of para-hydroxylation sites is 1. The number of benzene rings is 1. The number of hydrogen-bond acceptors (Lipinski definition) is 4. The van der Waals surface area contributed by atoms with E-state index in [0.29, 0.717) is 6.42 Å². The Morgan fingerprint density at radius 3 is 2.52 bits per heavy atom. The van der Waals surface area contributed by atoms with Crippen LogP contribution in [0, 0.1) is 0 Å². The van der Waals surface area contributed by atoms with Crippen molar-refractivity contribution in [1.82, 2.24) is 9.71 Å². The van der Waals surface area contributed by atoms with Crippen LogP contribution < -0.4 is 4.72 Å². The molecule has 0 aliphatic rings. The monoisotopic (exact) mass is 330 g/mol. The molecule has 0 atom stereocenters. The summed E-state index contributed by atoms with van der Waals surface area (Å²) in [4.78, 5) is 3.12. The summed E-state index contributed by atoms with van der Waals surface area (Å²) in [5.41, 5.74) is 2.03. The number of aromatic amines is 1. The van der Waals surface area contributed by atoms with Crippen molar-refractivity contribution < 1.29 is 16.8 Å². The minimum atomic E-state index is -3.56. The molecule has 21 heavy (non-hydrogen) atoms. The van der Waals surface area contributed by atoms with Crippen LogP contribution >= 0.6 is 0 Å². The first-order valence-electron chi connectivity index (χ1n) is 6.47. The molecule has 0 aliphatic carbocycles. The molecular weight excluding hydrogens is 312 g/mol. The van der Waals surface area contributed by atoms with E-state index in [4.69, 9.17) is 0 Å². The second-order valence-corrected chi connectivity index (χ2v) is 9.14. The molecule has 1 aromatic carbocycles. The first-order valence-corrected chi connectivity index (χ1v) is 10.2. The Hall–Kier alpha value is -1.38. The van der Waals surface area contributed by atoms with E-state index in [0.717, 1.165) is 22.7 Å². The lowest BCUT2D eigenvalue weighted by molar-refractivity contribution is 0.579. The summed E-state index contributed by atoms with van der Waals surface area (Å²) in [6.45, 7) is 0.244. The van der Waals surface area contributed by atoms with Gasteiger partial charge in [-0.1, -0.05) is 18.2 Å². The Morgan fingerprint density at radius 2 is 1.81 bits per heavy atom. The fraction of sp³-hybridized carbons (Fsp3) is 0.385. The highest BCUT2D eigenvalue weighted by Gasteiger charge is 2.14. The maximum Gasteiger partial charge on any atom is 0.212 e. The van der Waals surface area contributed by atoms with Crippen molar-refractivity contribution in [2.45, 2.75) is 6.42 Å². The summed E-state index contributed by atoms with van der Waals surface area (Å²) in [6, 6.07) is 7.78. The summed E-state index contributed by atoms with van der Waals surface area (Å²) in [5, 5.41) is 1.06. The Balaban J connectivity index is 1.92. The zero-order valence-electron chi connectivity index (χ0n) is 11.7. The first kappa shape index (κ1) is 16.0. The van der Waals surface area contributed by atoms with Crippen molar-refractivity contribution in [1.29, 1.82) is 0 Å². The van der Waals surface area contributed by atoms with Gasteiger partial charge in [0.1, 0.15) is 9.84 Å². The lowest BCUT2D eigenvalue weighted by Crippen LogP contribution is -2.31. The molecule has 2 N–H and O–H groups in total. The van der Waals surface area contributed by atoms with Crippen LogP contribution in [0.1, 0.15) is 5.56 Å². The van der Waals surface area contributed by atoms with Gasteiger partial charge in [-0.2, -0.15) is 0 Å². The second-order valence-electron chi connectivity index (χ2n) is 4.95. The molecule has 0 unspecified atom stereocenters. The molecule has 0 spiro atoms. The number of sulfone groups is 1. The molecule has 0 aliphatic heterocycles. The summed E-state index contributed by atoms with van der Waals surface area (Å²) in [7, 11) is -6.84. The fourth-order valence-corrected chi connectivity index (χ4v) is 4.66. The number of hydrogen-bond donors (Lipinski definition) is 2. The normalized spacial score (nSPS) is 12.8. The van der Waals surface area contributed by atoms with E-state index >= 15 is 0 Å². The van der Waals surface area contributed by atoms with Crippen LogP contribution in [0.15, 0.2) is 30.5 Å². The standard InChI is InChI=1S/C13H18N2O4S2/c1-20(16,17)8-9-21(18,19)15-7-6-11-10-14-13-5-3-2-4-12(11)13/h2-5,10,14-15H,6-9H2,1H3. The highest BCUT2D eigenvalue weighted by molar-refractivity contribution is 7.93. The van der Waals surface area contributed by atoms with Gasteiger partial charge < -0.3 is 4.98 Å². The van der Waals surface area contributed by atoms with Gasteiger partial charge in [0.05, 0.1) is 11.5 Å². The van der Waals surface area contributed by atoms with Gasteiger partial charge in [-0.3, -0.25) is 0 Å². The topological polar surface area (TPSA) is 96.1 Å². The third-order valence-corrected chi connectivity index (χ3v) is 5.70. The van der Waals surface area contributed by atoms with Crippen LogP contribution in [0.4, 0.5) is 0 Å². The van der Waals surface area contributed by atoms with E-state index in [9.17, 15) is 16.8 Å². The molecule has 2 aromatic rings. The SMILES string of the molecule is CS(=O)(=O)CCS(=O)(=O)NCCc1c[nH]c2ccccc12. The molecule has 2 rings (SSSR count). The van der Waals surface area contributed by atoms with Crippen LogP contribution in [0.3, 0.4) is 0 Å². The molecule has 0 saturated carbocycles. The average Bonchev–Trinajstić information content (AvgIpc) is 2.80. The average molecular weight is 330 g/mol. The van der Waals surface area contributed by atoms with Crippen LogP contribution in [0.2, 0.25) is 0 Å². The molecular formula is C13H18N2O4S2. The third-order valence-electron chi connectivity index (χ3n) is 3.11. The maximum absolute atomic E-state index is 11.7. The van der Waals surface area contributed by atoms with Crippen LogP contribution in [-0.2, 0) is 26.3 Å². The van der Waals surface area contributed by atoms with Gasteiger partial charge in [0.2, 0.25) is 10.0 Å².